The monoisotopic (exact) mass is 198 g/mol. The Balaban J connectivity index is 1.68. The summed E-state index contributed by atoms with van der Waals surface area (Å²) >= 11 is 0. The van der Waals surface area contributed by atoms with E-state index in [0.717, 1.165) is 32.0 Å². The van der Waals surface area contributed by atoms with Gasteiger partial charge in [0.15, 0.2) is 0 Å². The minimum absolute atomic E-state index is 0.488. The minimum atomic E-state index is 0.488. The van der Waals surface area contributed by atoms with Crippen LogP contribution in [0.2, 0.25) is 0 Å². The molecular weight excluding hydrogens is 176 g/mol. The number of rotatable bonds is 2. The van der Waals surface area contributed by atoms with E-state index < -0.39 is 0 Å². The van der Waals surface area contributed by atoms with Crippen LogP contribution < -0.4 is 0 Å². The van der Waals surface area contributed by atoms with Gasteiger partial charge in [-0.1, -0.05) is 6.92 Å². The molecule has 1 saturated carbocycles. The highest BCUT2D eigenvalue weighted by Gasteiger charge is 2.23. The van der Waals surface area contributed by atoms with Crippen LogP contribution in [-0.2, 0) is 9.47 Å². The van der Waals surface area contributed by atoms with Crippen molar-refractivity contribution in [3.05, 3.63) is 0 Å². The Morgan fingerprint density at radius 1 is 0.857 bits per heavy atom. The van der Waals surface area contributed by atoms with E-state index in [2.05, 4.69) is 6.92 Å². The molecule has 82 valence electrons. The molecule has 0 atom stereocenters. The van der Waals surface area contributed by atoms with Gasteiger partial charge in [0.1, 0.15) is 0 Å². The fourth-order valence-electron chi connectivity index (χ4n) is 2.45. The van der Waals surface area contributed by atoms with Crippen LogP contribution in [0, 0.1) is 5.92 Å². The second-order valence-corrected chi connectivity index (χ2v) is 4.83. The van der Waals surface area contributed by atoms with Gasteiger partial charge in [-0.05, 0) is 44.4 Å². The van der Waals surface area contributed by atoms with E-state index in [0.29, 0.717) is 12.2 Å². The van der Waals surface area contributed by atoms with Crippen LogP contribution in [-0.4, -0.2) is 25.4 Å². The first-order valence-corrected chi connectivity index (χ1v) is 6.08. The van der Waals surface area contributed by atoms with E-state index in [1.54, 1.807) is 0 Å². The Labute approximate surface area is 87.0 Å². The molecule has 1 aliphatic heterocycles. The van der Waals surface area contributed by atoms with Crippen LogP contribution in [0.5, 0.6) is 0 Å². The van der Waals surface area contributed by atoms with Crippen LogP contribution in [0.1, 0.15) is 45.4 Å². The molecule has 2 nitrogen and oxygen atoms in total. The lowest BCUT2D eigenvalue weighted by atomic mass is 9.89. The molecular formula is C12H22O2. The van der Waals surface area contributed by atoms with E-state index in [-0.39, 0.29) is 0 Å². The van der Waals surface area contributed by atoms with Gasteiger partial charge in [-0.2, -0.15) is 0 Å². The Kier molecular flexibility index (Phi) is 3.82. The largest absolute Gasteiger partial charge is 0.381 e. The molecule has 1 aliphatic carbocycles. The lowest BCUT2D eigenvalue weighted by Crippen LogP contribution is -2.30. The van der Waals surface area contributed by atoms with Crippen LogP contribution in [0.15, 0.2) is 0 Å². The first-order valence-electron chi connectivity index (χ1n) is 6.08. The molecule has 1 saturated heterocycles. The molecule has 0 unspecified atom stereocenters. The van der Waals surface area contributed by atoms with Crippen molar-refractivity contribution in [2.24, 2.45) is 5.92 Å². The second kappa shape index (κ2) is 5.13. The van der Waals surface area contributed by atoms with Crippen molar-refractivity contribution in [1.82, 2.24) is 0 Å². The van der Waals surface area contributed by atoms with Crippen molar-refractivity contribution in [2.45, 2.75) is 57.7 Å². The lowest BCUT2D eigenvalue weighted by Gasteiger charge is -2.31. The maximum absolute atomic E-state index is 6.10. The van der Waals surface area contributed by atoms with Gasteiger partial charge in [0, 0.05) is 13.2 Å². The third kappa shape index (κ3) is 2.96. The van der Waals surface area contributed by atoms with Crippen molar-refractivity contribution in [2.75, 3.05) is 13.2 Å². The van der Waals surface area contributed by atoms with Gasteiger partial charge in [0.2, 0.25) is 0 Å². The molecule has 2 rings (SSSR count). The summed E-state index contributed by atoms with van der Waals surface area (Å²) in [6, 6.07) is 0. The van der Waals surface area contributed by atoms with Crippen molar-refractivity contribution >= 4 is 0 Å². The maximum atomic E-state index is 6.10. The smallest absolute Gasteiger partial charge is 0.0622 e. The number of hydrogen-bond acceptors (Lipinski definition) is 2. The predicted molar refractivity (Wildman–Crippen MR) is 56.3 cm³/mol. The van der Waals surface area contributed by atoms with Gasteiger partial charge in [0.25, 0.3) is 0 Å². The molecule has 1 heterocycles. The maximum Gasteiger partial charge on any atom is 0.0622 e. The van der Waals surface area contributed by atoms with Crippen LogP contribution in [0.4, 0.5) is 0 Å². The van der Waals surface area contributed by atoms with E-state index in [4.69, 9.17) is 9.47 Å². The highest BCUT2D eigenvalue weighted by Crippen LogP contribution is 2.27. The Morgan fingerprint density at radius 3 is 2.07 bits per heavy atom. The fraction of sp³-hybridized carbons (Fsp3) is 1.00. The van der Waals surface area contributed by atoms with Gasteiger partial charge >= 0.3 is 0 Å². The highest BCUT2D eigenvalue weighted by molar-refractivity contribution is 4.73. The molecule has 14 heavy (non-hydrogen) atoms. The van der Waals surface area contributed by atoms with E-state index in [1.165, 1.54) is 25.7 Å². The van der Waals surface area contributed by atoms with Crippen molar-refractivity contribution < 1.29 is 9.47 Å². The molecule has 0 radical (unpaired) electrons. The molecule has 0 aromatic heterocycles. The second-order valence-electron chi connectivity index (χ2n) is 4.83. The molecule has 0 amide bonds. The van der Waals surface area contributed by atoms with Crippen LogP contribution in [0.25, 0.3) is 0 Å². The topological polar surface area (TPSA) is 18.5 Å². The van der Waals surface area contributed by atoms with Crippen molar-refractivity contribution in [3.8, 4) is 0 Å². The van der Waals surface area contributed by atoms with Gasteiger partial charge < -0.3 is 9.47 Å². The third-order valence-corrected chi connectivity index (χ3v) is 3.52. The summed E-state index contributed by atoms with van der Waals surface area (Å²) in [6.45, 7) is 4.15. The SMILES string of the molecule is C[C@H]1CC[C@H](OC2CCOCC2)CC1. The zero-order valence-electron chi connectivity index (χ0n) is 9.21. The van der Waals surface area contributed by atoms with Gasteiger partial charge in [-0.3, -0.25) is 0 Å². The summed E-state index contributed by atoms with van der Waals surface area (Å²) in [6.07, 6.45) is 8.51. The van der Waals surface area contributed by atoms with E-state index in [9.17, 15) is 0 Å². The van der Waals surface area contributed by atoms with E-state index >= 15 is 0 Å². The minimum Gasteiger partial charge on any atom is -0.381 e. The van der Waals surface area contributed by atoms with Gasteiger partial charge in [-0.25, -0.2) is 0 Å². The first-order chi connectivity index (χ1) is 6.84. The number of hydrogen-bond donors (Lipinski definition) is 0. The lowest BCUT2D eigenvalue weighted by molar-refractivity contribution is -0.0811. The molecule has 2 heteroatoms. The molecule has 2 fully saturated rings. The molecule has 2 aliphatic rings. The molecule has 0 aromatic rings. The molecule has 0 N–H and O–H groups in total. The Morgan fingerprint density at radius 2 is 1.43 bits per heavy atom. The Hall–Kier alpha value is -0.0800. The van der Waals surface area contributed by atoms with Crippen LogP contribution >= 0.6 is 0 Å². The first kappa shape index (κ1) is 10.4. The predicted octanol–water partition coefficient (Wildman–Crippen LogP) is 2.76. The van der Waals surface area contributed by atoms with Gasteiger partial charge in [-0.15, -0.1) is 0 Å². The summed E-state index contributed by atoms with van der Waals surface area (Å²) in [4.78, 5) is 0. The van der Waals surface area contributed by atoms with Crippen LogP contribution in [0.3, 0.4) is 0 Å². The zero-order chi connectivity index (χ0) is 9.80. The summed E-state index contributed by atoms with van der Waals surface area (Å²) in [5, 5.41) is 0. The average Bonchev–Trinajstić information content (AvgIpc) is 2.23. The van der Waals surface area contributed by atoms with Crippen molar-refractivity contribution in [3.63, 3.8) is 0 Å². The average molecular weight is 198 g/mol. The quantitative estimate of drug-likeness (QED) is 0.679. The standard InChI is InChI=1S/C12H22O2/c1-10-2-4-11(5-3-10)14-12-6-8-13-9-7-12/h10-12H,2-9H2,1H3/t10-,11-. The molecule has 0 bridgehead atoms. The van der Waals surface area contributed by atoms with Gasteiger partial charge in [0.05, 0.1) is 12.2 Å². The molecule has 0 spiro atoms. The summed E-state index contributed by atoms with van der Waals surface area (Å²) in [5.74, 6) is 0.921. The zero-order valence-corrected chi connectivity index (χ0v) is 9.21. The fourth-order valence-corrected chi connectivity index (χ4v) is 2.45. The van der Waals surface area contributed by atoms with Crippen molar-refractivity contribution in [1.29, 1.82) is 0 Å². The van der Waals surface area contributed by atoms with E-state index in [1.807, 2.05) is 0 Å². The third-order valence-electron chi connectivity index (χ3n) is 3.52. The summed E-state index contributed by atoms with van der Waals surface area (Å²) in [7, 11) is 0. The molecule has 0 aromatic carbocycles. The summed E-state index contributed by atoms with van der Waals surface area (Å²) in [5.41, 5.74) is 0. The highest BCUT2D eigenvalue weighted by atomic mass is 16.5. The summed E-state index contributed by atoms with van der Waals surface area (Å²) < 4.78 is 11.4. The normalized spacial score (nSPS) is 35.8. The Bertz CT molecular complexity index is 156. The number of ether oxygens (including phenoxy) is 2.